The quantitative estimate of drug-likeness (QED) is 0.821. The molecule has 1 heterocycles. The van der Waals surface area contributed by atoms with Crippen molar-refractivity contribution in [3.8, 4) is 0 Å². The van der Waals surface area contributed by atoms with Gasteiger partial charge in [0.25, 0.3) is 5.91 Å². The smallest absolute Gasteiger partial charge is 0.254 e. The van der Waals surface area contributed by atoms with Crippen LogP contribution in [0.1, 0.15) is 21.5 Å². The topological polar surface area (TPSA) is 72.9 Å². The molecule has 5 nitrogen and oxygen atoms in total. The molecule has 1 aromatic heterocycles. The Balaban J connectivity index is 2.12. The Morgan fingerprint density at radius 3 is 2.89 bits per heavy atom. The largest absolute Gasteiger partial charge is 0.399 e. The lowest BCUT2D eigenvalue weighted by atomic mass is 10.1. The monoisotopic (exact) mass is 262 g/mol. The van der Waals surface area contributed by atoms with E-state index in [1.165, 1.54) is 12.1 Å². The van der Waals surface area contributed by atoms with Crippen molar-refractivity contribution >= 4 is 11.6 Å². The molecule has 0 radical (unpaired) electrons. The van der Waals surface area contributed by atoms with Crippen LogP contribution < -0.4 is 11.1 Å². The minimum atomic E-state index is -0.544. The van der Waals surface area contributed by atoms with Crippen LogP contribution in [0.4, 0.5) is 10.1 Å². The first-order valence-electron chi connectivity index (χ1n) is 5.78. The zero-order chi connectivity index (χ0) is 14.0. The van der Waals surface area contributed by atoms with E-state index in [2.05, 4.69) is 10.4 Å². The van der Waals surface area contributed by atoms with Crippen molar-refractivity contribution in [2.45, 2.75) is 13.5 Å². The molecule has 1 amide bonds. The summed E-state index contributed by atoms with van der Waals surface area (Å²) < 4.78 is 15.5. The number of hydrogen-bond donors (Lipinski definition) is 2. The van der Waals surface area contributed by atoms with E-state index in [4.69, 9.17) is 5.73 Å². The van der Waals surface area contributed by atoms with Gasteiger partial charge in [-0.05, 0) is 24.6 Å². The van der Waals surface area contributed by atoms with Gasteiger partial charge in [-0.1, -0.05) is 0 Å². The minimum Gasteiger partial charge on any atom is -0.399 e. The van der Waals surface area contributed by atoms with Crippen molar-refractivity contribution in [1.82, 2.24) is 15.1 Å². The number of aromatic nitrogens is 2. The molecule has 1 aromatic carbocycles. The number of nitrogens with zero attached hydrogens (tertiary/aromatic N) is 2. The molecule has 0 unspecified atom stereocenters. The number of carbonyl (C=O) groups is 1. The Hall–Kier alpha value is -2.37. The molecule has 0 aliphatic rings. The molecular weight excluding hydrogens is 247 g/mol. The Morgan fingerprint density at radius 2 is 2.26 bits per heavy atom. The van der Waals surface area contributed by atoms with E-state index >= 15 is 0 Å². The second-order valence-electron chi connectivity index (χ2n) is 4.40. The number of hydrogen-bond acceptors (Lipinski definition) is 3. The fraction of sp³-hybridized carbons (Fsp3) is 0.231. The van der Waals surface area contributed by atoms with Crippen LogP contribution in [0.2, 0.25) is 0 Å². The van der Waals surface area contributed by atoms with Crippen LogP contribution in [0.3, 0.4) is 0 Å². The third kappa shape index (κ3) is 2.90. The molecule has 3 N–H and O–H groups in total. The molecule has 100 valence electrons. The first-order valence-corrected chi connectivity index (χ1v) is 5.78. The Morgan fingerprint density at radius 1 is 1.53 bits per heavy atom. The first-order chi connectivity index (χ1) is 8.97. The van der Waals surface area contributed by atoms with E-state index in [9.17, 15) is 9.18 Å². The number of nitrogens with one attached hydrogen (secondary N) is 1. The van der Waals surface area contributed by atoms with E-state index in [0.717, 1.165) is 5.56 Å². The Bertz CT molecular complexity index is 621. The summed E-state index contributed by atoms with van der Waals surface area (Å²) in [6.07, 6.45) is 3.42. The lowest BCUT2D eigenvalue weighted by molar-refractivity contribution is 0.0946. The first kappa shape index (κ1) is 13.1. The molecule has 0 saturated heterocycles. The van der Waals surface area contributed by atoms with Crippen LogP contribution in [0.15, 0.2) is 24.5 Å². The van der Waals surface area contributed by atoms with Crippen LogP contribution in [0.25, 0.3) is 0 Å². The molecule has 0 atom stereocenters. The number of nitrogens with two attached hydrogens (primary N) is 1. The summed E-state index contributed by atoms with van der Waals surface area (Å²) in [7, 11) is 1.78. The third-order valence-corrected chi connectivity index (χ3v) is 2.73. The average molecular weight is 262 g/mol. The fourth-order valence-corrected chi connectivity index (χ4v) is 1.80. The lowest BCUT2D eigenvalue weighted by Gasteiger charge is -2.08. The minimum absolute atomic E-state index is 0.0404. The van der Waals surface area contributed by atoms with Crippen LogP contribution in [-0.2, 0) is 13.6 Å². The van der Waals surface area contributed by atoms with Crippen molar-refractivity contribution in [2.75, 3.05) is 5.73 Å². The number of amides is 1. The van der Waals surface area contributed by atoms with Crippen LogP contribution in [0.5, 0.6) is 0 Å². The van der Waals surface area contributed by atoms with Gasteiger partial charge < -0.3 is 11.1 Å². The van der Waals surface area contributed by atoms with Gasteiger partial charge in [0, 0.05) is 31.0 Å². The average Bonchev–Trinajstić information content (AvgIpc) is 2.76. The number of nitrogen functional groups attached to an aromatic ring is 1. The van der Waals surface area contributed by atoms with Crippen LogP contribution in [0, 0.1) is 12.7 Å². The van der Waals surface area contributed by atoms with E-state index in [1.54, 1.807) is 31.0 Å². The normalized spacial score (nSPS) is 10.5. The molecule has 0 fully saturated rings. The van der Waals surface area contributed by atoms with Crippen LogP contribution >= 0.6 is 0 Å². The molecule has 19 heavy (non-hydrogen) atoms. The number of carbonyl (C=O) groups excluding carboxylic acids is 1. The van der Waals surface area contributed by atoms with Crippen LogP contribution in [-0.4, -0.2) is 15.7 Å². The van der Waals surface area contributed by atoms with Gasteiger partial charge in [0.1, 0.15) is 5.82 Å². The molecule has 0 bridgehead atoms. The number of aryl methyl sites for hydroxylation is 2. The summed E-state index contributed by atoms with van der Waals surface area (Å²) in [6, 6.07) is 2.83. The predicted molar refractivity (Wildman–Crippen MR) is 69.9 cm³/mol. The zero-order valence-electron chi connectivity index (χ0n) is 10.8. The molecule has 2 aromatic rings. The highest BCUT2D eigenvalue weighted by Gasteiger charge is 2.14. The summed E-state index contributed by atoms with van der Waals surface area (Å²) in [6.45, 7) is 1.86. The van der Waals surface area contributed by atoms with Gasteiger partial charge in [-0.25, -0.2) is 4.39 Å². The summed E-state index contributed by atoms with van der Waals surface area (Å²) in [5.41, 5.74) is 7.14. The highest BCUT2D eigenvalue weighted by atomic mass is 19.1. The summed E-state index contributed by atoms with van der Waals surface area (Å²) in [5.74, 6) is -1.03. The summed E-state index contributed by atoms with van der Waals surface area (Å²) in [5, 5.41) is 6.62. The molecule has 6 heteroatoms. The maximum absolute atomic E-state index is 13.8. The summed E-state index contributed by atoms with van der Waals surface area (Å²) >= 11 is 0. The molecule has 0 aliphatic carbocycles. The molecular formula is C13H15FN4O. The van der Waals surface area contributed by atoms with Gasteiger partial charge in [0.15, 0.2) is 0 Å². The fourth-order valence-electron chi connectivity index (χ4n) is 1.80. The maximum Gasteiger partial charge on any atom is 0.254 e. The number of benzene rings is 1. The van der Waals surface area contributed by atoms with Crippen molar-refractivity contribution in [3.05, 3.63) is 47.0 Å². The Kier molecular flexibility index (Phi) is 3.50. The number of anilines is 1. The SMILES string of the molecule is Cc1cc(N)cc(C(=O)NCc2cnn(C)c2)c1F. The van der Waals surface area contributed by atoms with Gasteiger partial charge in [0.2, 0.25) is 0 Å². The predicted octanol–water partition coefficient (Wildman–Crippen LogP) is 1.38. The highest BCUT2D eigenvalue weighted by molar-refractivity contribution is 5.95. The van der Waals surface area contributed by atoms with Gasteiger partial charge in [-0.3, -0.25) is 9.48 Å². The Labute approximate surface area is 110 Å². The molecule has 0 spiro atoms. The van der Waals surface area contributed by atoms with Crippen molar-refractivity contribution in [3.63, 3.8) is 0 Å². The van der Waals surface area contributed by atoms with E-state index < -0.39 is 11.7 Å². The second kappa shape index (κ2) is 5.09. The van der Waals surface area contributed by atoms with Gasteiger partial charge in [-0.2, -0.15) is 5.10 Å². The van der Waals surface area contributed by atoms with Crippen molar-refractivity contribution < 1.29 is 9.18 Å². The summed E-state index contributed by atoms with van der Waals surface area (Å²) in [4.78, 5) is 11.9. The molecule has 2 rings (SSSR count). The number of rotatable bonds is 3. The highest BCUT2D eigenvalue weighted by Crippen LogP contribution is 2.17. The lowest BCUT2D eigenvalue weighted by Crippen LogP contribution is -2.24. The van der Waals surface area contributed by atoms with Gasteiger partial charge in [-0.15, -0.1) is 0 Å². The van der Waals surface area contributed by atoms with E-state index in [-0.39, 0.29) is 5.56 Å². The number of halogens is 1. The zero-order valence-corrected chi connectivity index (χ0v) is 10.8. The van der Waals surface area contributed by atoms with E-state index in [0.29, 0.717) is 17.8 Å². The van der Waals surface area contributed by atoms with Crippen molar-refractivity contribution in [2.24, 2.45) is 7.05 Å². The standard InChI is InChI=1S/C13H15FN4O/c1-8-3-10(15)4-11(12(8)14)13(19)16-5-9-6-17-18(2)7-9/h3-4,6-7H,5,15H2,1-2H3,(H,16,19). The van der Waals surface area contributed by atoms with Crippen molar-refractivity contribution in [1.29, 1.82) is 0 Å². The van der Waals surface area contributed by atoms with Gasteiger partial charge >= 0.3 is 0 Å². The molecule has 0 saturated carbocycles. The van der Waals surface area contributed by atoms with Gasteiger partial charge in [0.05, 0.1) is 11.8 Å². The third-order valence-electron chi connectivity index (χ3n) is 2.73. The molecule has 0 aliphatic heterocycles. The van der Waals surface area contributed by atoms with E-state index in [1.807, 2.05) is 0 Å². The second-order valence-corrected chi connectivity index (χ2v) is 4.40. The maximum atomic E-state index is 13.8.